The van der Waals surface area contributed by atoms with Crippen LogP contribution in [0.2, 0.25) is 5.02 Å². The van der Waals surface area contributed by atoms with Crippen LogP contribution < -0.4 is 10.2 Å². The summed E-state index contributed by atoms with van der Waals surface area (Å²) in [6, 6.07) is 5.19. The molecule has 0 aliphatic rings. The van der Waals surface area contributed by atoms with E-state index in [1.165, 1.54) is 0 Å². The fraction of sp³-hybridized carbons (Fsp3) is 0.417. The molecule has 1 aromatic rings. The predicted octanol–water partition coefficient (Wildman–Crippen LogP) is 1.72. The number of carbonyl (C=O) groups is 1. The van der Waals surface area contributed by atoms with Gasteiger partial charge in [0.05, 0.1) is 13.2 Å². The Bertz CT molecular complexity index is 398. The van der Waals surface area contributed by atoms with Crippen molar-refractivity contribution in [2.45, 2.75) is 6.92 Å². The number of rotatable bonds is 7. The first-order chi connectivity index (χ1) is 8.63. The number of aryl methyl sites for hydroxylation is 1. The number of hydroxylamine groups is 1. The molecule has 0 aliphatic carbocycles. The summed E-state index contributed by atoms with van der Waals surface area (Å²) in [6.07, 6.45) is 0. The summed E-state index contributed by atoms with van der Waals surface area (Å²) in [5.74, 6) is 0.225. The second-order valence-electron chi connectivity index (χ2n) is 3.57. The highest BCUT2D eigenvalue weighted by molar-refractivity contribution is 6.31. The summed E-state index contributed by atoms with van der Waals surface area (Å²) < 4.78 is 10.0. The second kappa shape index (κ2) is 7.92. The monoisotopic (exact) mass is 273 g/mol. The van der Waals surface area contributed by atoms with Crippen LogP contribution in [0.5, 0.6) is 5.75 Å². The molecule has 0 heterocycles. The van der Waals surface area contributed by atoms with Crippen LogP contribution in [0.1, 0.15) is 5.56 Å². The molecule has 0 radical (unpaired) electrons. The van der Waals surface area contributed by atoms with Gasteiger partial charge in [0, 0.05) is 12.1 Å². The minimum Gasteiger partial charge on any atom is -0.484 e. The third kappa shape index (κ3) is 5.35. The average molecular weight is 274 g/mol. The zero-order valence-corrected chi connectivity index (χ0v) is 11.1. The number of ether oxygens (including phenoxy) is 2. The van der Waals surface area contributed by atoms with Gasteiger partial charge in [-0.25, -0.2) is 5.48 Å². The third-order valence-corrected chi connectivity index (χ3v) is 2.50. The standard InChI is InChI=1S/C12H16ClNO4/c1-9-7-10(3-4-11(9)13)17-8-12(15)14-18-6-5-16-2/h3-4,7H,5-6,8H2,1-2H3,(H,14,15). The SMILES string of the molecule is COCCONC(=O)COc1ccc(Cl)c(C)c1. The number of amides is 1. The van der Waals surface area contributed by atoms with Crippen LogP contribution in [0, 0.1) is 6.92 Å². The van der Waals surface area contributed by atoms with E-state index in [4.69, 9.17) is 25.9 Å². The lowest BCUT2D eigenvalue weighted by atomic mass is 10.2. The molecule has 100 valence electrons. The number of halogens is 1. The van der Waals surface area contributed by atoms with Crippen LogP contribution >= 0.6 is 11.6 Å². The quantitative estimate of drug-likeness (QED) is 0.607. The Morgan fingerprint density at radius 1 is 1.39 bits per heavy atom. The summed E-state index contributed by atoms with van der Waals surface area (Å²) in [5.41, 5.74) is 3.14. The molecule has 0 bridgehead atoms. The van der Waals surface area contributed by atoms with Gasteiger partial charge in [0.1, 0.15) is 5.75 Å². The summed E-state index contributed by atoms with van der Waals surface area (Å²) >= 11 is 5.87. The van der Waals surface area contributed by atoms with Gasteiger partial charge in [-0.05, 0) is 30.7 Å². The van der Waals surface area contributed by atoms with Gasteiger partial charge in [0.25, 0.3) is 5.91 Å². The maximum atomic E-state index is 11.3. The molecule has 0 saturated carbocycles. The lowest BCUT2D eigenvalue weighted by Crippen LogP contribution is -2.30. The van der Waals surface area contributed by atoms with Gasteiger partial charge in [-0.1, -0.05) is 11.6 Å². The van der Waals surface area contributed by atoms with Gasteiger partial charge in [0.15, 0.2) is 6.61 Å². The Hall–Kier alpha value is -1.30. The Morgan fingerprint density at radius 3 is 2.83 bits per heavy atom. The van der Waals surface area contributed by atoms with Crippen molar-refractivity contribution in [1.82, 2.24) is 5.48 Å². The zero-order valence-electron chi connectivity index (χ0n) is 10.4. The molecule has 0 spiro atoms. The van der Waals surface area contributed by atoms with Crippen molar-refractivity contribution in [2.75, 3.05) is 26.9 Å². The normalized spacial score (nSPS) is 10.2. The average Bonchev–Trinajstić information content (AvgIpc) is 2.36. The van der Waals surface area contributed by atoms with Crippen molar-refractivity contribution < 1.29 is 19.1 Å². The first-order valence-corrected chi connectivity index (χ1v) is 5.80. The minimum absolute atomic E-state index is 0.117. The molecule has 1 rings (SSSR count). The molecule has 0 saturated heterocycles. The van der Waals surface area contributed by atoms with Crippen molar-refractivity contribution in [1.29, 1.82) is 0 Å². The Balaban J connectivity index is 2.27. The van der Waals surface area contributed by atoms with Crippen molar-refractivity contribution in [3.8, 4) is 5.75 Å². The van der Waals surface area contributed by atoms with Crippen molar-refractivity contribution in [3.63, 3.8) is 0 Å². The highest BCUT2D eigenvalue weighted by Gasteiger charge is 2.04. The number of nitrogens with one attached hydrogen (secondary N) is 1. The van der Waals surface area contributed by atoms with E-state index >= 15 is 0 Å². The van der Waals surface area contributed by atoms with Gasteiger partial charge in [0.2, 0.25) is 0 Å². The van der Waals surface area contributed by atoms with Gasteiger partial charge in [-0.2, -0.15) is 0 Å². The number of benzene rings is 1. The number of methoxy groups -OCH3 is 1. The van der Waals surface area contributed by atoms with E-state index in [0.29, 0.717) is 24.0 Å². The van der Waals surface area contributed by atoms with E-state index in [2.05, 4.69) is 5.48 Å². The van der Waals surface area contributed by atoms with Crippen LogP contribution in [-0.4, -0.2) is 32.8 Å². The molecule has 1 amide bonds. The van der Waals surface area contributed by atoms with E-state index in [9.17, 15) is 4.79 Å². The molecule has 1 N–H and O–H groups in total. The third-order valence-electron chi connectivity index (χ3n) is 2.07. The molecule has 0 unspecified atom stereocenters. The number of carbonyl (C=O) groups excluding carboxylic acids is 1. The lowest BCUT2D eigenvalue weighted by molar-refractivity contribution is -0.136. The Kier molecular flexibility index (Phi) is 6.49. The van der Waals surface area contributed by atoms with E-state index in [1.54, 1.807) is 25.3 Å². The minimum atomic E-state index is -0.362. The van der Waals surface area contributed by atoms with E-state index in [1.807, 2.05) is 6.92 Å². The van der Waals surface area contributed by atoms with Crippen LogP contribution in [0.4, 0.5) is 0 Å². The van der Waals surface area contributed by atoms with Crippen LogP contribution in [0.3, 0.4) is 0 Å². The highest BCUT2D eigenvalue weighted by Crippen LogP contribution is 2.20. The molecule has 1 aromatic carbocycles. The smallest absolute Gasteiger partial charge is 0.281 e. The fourth-order valence-electron chi connectivity index (χ4n) is 1.14. The van der Waals surface area contributed by atoms with Crippen LogP contribution in [0.25, 0.3) is 0 Å². The van der Waals surface area contributed by atoms with Crippen LogP contribution in [-0.2, 0) is 14.4 Å². The van der Waals surface area contributed by atoms with E-state index < -0.39 is 0 Å². The molecule has 18 heavy (non-hydrogen) atoms. The topological polar surface area (TPSA) is 56.8 Å². The molecule has 0 aliphatic heterocycles. The van der Waals surface area contributed by atoms with E-state index in [-0.39, 0.29) is 12.5 Å². The Morgan fingerprint density at radius 2 is 2.17 bits per heavy atom. The molecule has 0 fully saturated rings. The number of hydrogen-bond donors (Lipinski definition) is 1. The van der Waals surface area contributed by atoms with Crippen molar-refractivity contribution >= 4 is 17.5 Å². The molecule has 5 nitrogen and oxygen atoms in total. The first kappa shape index (κ1) is 14.8. The molecule has 0 aromatic heterocycles. The maximum Gasteiger partial charge on any atom is 0.281 e. The maximum absolute atomic E-state index is 11.3. The zero-order chi connectivity index (χ0) is 13.4. The van der Waals surface area contributed by atoms with Gasteiger partial charge >= 0.3 is 0 Å². The summed E-state index contributed by atoms with van der Waals surface area (Å²) in [5, 5.41) is 0.662. The van der Waals surface area contributed by atoms with Gasteiger partial charge in [-0.3, -0.25) is 9.63 Å². The van der Waals surface area contributed by atoms with Gasteiger partial charge in [-0.15, -0.1) is 0 Å². The Labute approximate surface area is 111 Å². The molecular formula is C12H16ClNO4. The molecule has 0 atom stereocenters. The summed E-state index contributed by atoms with van der Waals surface area (Å²) in [7, 11) is 1.55. The molecular weight excluding hydrogens is 258 g/mol. The predicted molar refractivity (Wildman–Crippen MR) is 67.7 cm³/mol. The van der Waals surface area contributed by atoms with Crippen molar-refractivity contribution in [3.05, 3.63) is 28.8 Å². The highest BCUT2D eigenvalue weighted by atomic mass is 35.5. The van der Waals surface area contributed by atoms with Crippen LogP contribution in [0.15, 0.2) is 18.2 Å². The van der Waals surface area contributed by atoms with Crippen molar-refractivity contribution in [2.24, 2.45) is 0 Å². The van der Waals surface area contributed by atoms with Gasteiger partial charge < -0.3 is 9.47 Å². The summed E-state index contributed by atoms with van der Waals surface area (Å²) in [4.78, 5) is 16.1. The fourth-order valence-corrected chi connectivity index (χ4v) is 1.26. The van der Waals surface area contributed by atoms with E-state index in [0.717, 1.165) is 5.56 Å². The largest absolute Gasteiger partial charge is 0.484 e. The number of hydrogen-bond acceptors (Lipinski definition) is 4. The summed E-state index contributed by atoms with van der Waals surface area (Å²) in [6.45, 7) is 2.46. The lowest BCUT2D eigenvalue weighted by Gasteiger charge is -2.08. The second-order valence-corrected chi connectivity index (χ2v) is 3.97. The molecule has 6 heteroatoms. The first-order valence-electron chi connectivity index (χ1n) is 5.42.